The fourth-order valence-corrected chi connectivity index (χ4v) is 1.25. The van der Waals surface area contributed by atoms with Crippen molar-refractivity contribution in [2.75, 3.05) is 0 Å². The Bertz CT molecular complexity index is 237. The lowest BCUT2D eigenvalue weighted by atomic mass is 10.2. The Balaban J connectivity index is 3.09. The largest absolute Gasteiger partial charge is 0.160 e. The van der Waals surface area contributed by atoms with E-state index >= 15 is 0 Å². The maximum atomic E-state index is 12.0. The van der Waals surface area contributed by atoms with Gasteiger partial charge in [-0.05, 0) is 24.6 Å². The molecule has 1 aromatic rings. The fraction of sp³-hybridized carbons (Fsp3) is 0.143. The van der Waals surface area contributed by atoms with Gasteiger partial charge in [0.1, 0.15) is 0 Å². The van der Waals surface area contributed by atoms with Gasteiger partial charge < -0.3 is 0 Å². The van der Waals surface area contributed by atoms with E-state index in [-0.39, 0.29) is 12.1 Å². The number of benzene rings is 1. The van der Waals surface area contributed by atoms with Crippen LogP contribution in [0.2, 0.25) is 5.02 Å². The van der Waals surface area contributed by atoms with Crippen LogP contribution in [0.4, 0.5) is 3.89 Å². The van der Waals surface area contributed by atoms with Gasteiger partial charge >= 0.3 is 0 Å². The molecule has 0 aliphatic carbocycles. The van der Waals surface area contributed by atoms with E-state index in [1.165, 1.54) is 0 Å². The Morgan fingerprint density at radius 1 is 1.50 bits per heavy atom. The third-order valence-corrected chi connectivity index (χ3v) is 2.12. The van der Waals surface area contributed by atoms with Gasteiger partial charge in [-0.3, -0.25) is 0 Å². The first-order chi connectivity index (χ1) is 4.74. The van der Waals surface area contributed by atoms with E-state index in [4.69, 9.17) is 11.6 Å². The quantitative estimate of drug-likeness (QED) is 0.630. The minimum absolute atomic E-state index is 0.178. The van der Waals surface area contributed by atoms with Crippen LogP contribution in [0.15, 0.2) is 23.1 Å². The van der Waals surface area contributed by atoms with Gasteiger partial charge in [-0.25, -0.2) is 0 Å². The van der Waals surface area contributed by atoms with Crippen molar-refractivity contribution in [1.29, 1.82) is 0 Å². The summed E-state index contributed by atoms with van der Waals surface area (Å²) in [6, 6.07) is 5.26. The molecular formula is C7H6ClFS. The van der Waals surface area contributed by atoms with Crippen LogP contribution in [0.1, 0.15) is 5.56 Å². The molecule has 10 heavy (non-hydrogen) atoms. The van der Waals surface area contributed by atoms with E-state index in [0.717, 1.165) is 5.56 Å². The van der Waals surface area contributed by atoms with Gasteiger partial charge in [0.2, 0.25) is 0 Å². The second-order valence-electron chi connectivity index (χ2n) is 2.01. The van der Waals surface area contributed by atoms with Crippen LogP contribution in [0.25, 0.3) is 0 Å². The molecule has 0 amide bonds. The van der Waals surface area contributed by atoms with Crippen LogP contribution in [0.5, 0.6) is 0 Å². The number of hydrogen-bond acceptors (Lipinski definition) is 1. The topological polar surface area (TPSA) is 0 Å². The number of aryl methyl sites for hydroxylation is 1. The van der Waals surface area contributed by atoms with E-state index in [1.807, 2.05) is 13.0 Å². The van der Waals surface area contributed by atoms with Crippen LogP contribution < -0.4 is 0 Å². The normalized spacial score (nSPS) is 9.90. The van der Waals surface area contributed by atoms with Gasteiger partial charge in [-0.2, -0.15) is 3.89 Å². The highest BCUT2D eigenvalue weighted by Crippen LogP contribution is 2.28. The summed E-state index contributed by atoms with van der Waals surface area (Å²) >= 11 is 5.81. The summed E-state index contributed by atoms with van der Waals surface area (Å²) in [6.07, 6.45) is 0. The summed E-state index contributed by atoms with van der Waals surface area (Å²) < 4.78 is 12.0. The summed E-state index contributed by atoms with van der Waals surface area (Å²) in [4.78, 5) is 0.488. The maximum Gasteiger partial charge on any atom is 0.0828 e. The molecule has 0 nitrogen and oxygen atoms in total. The average molecular weight is 177 g/mol. The first kappa shape index (κ1) is 7.89. The van der Waals surface area contributed by atoms with Crippen molar-refractivity contribution >= 4 is 23.7 Å². The van der Waals surface area contributed by atoms with Crippen molar-refractivity contribution in [2.24, 2.45) is 0 Å². The highest BCUT2D eigenvalue weighted by Gasteiger charge is 1.99. The molecule has 0 N–H and O–H groups in total. The molecule has 0 saturated heterocycles. The fourth-order valence-electron chi connectivity index (χ4n) is 0.670. The number of hydrogen-bond donors (Lipinski definition) is 0. The summed E-state index contributed by atoms with van der Waals surface area (Å²) in [6.45, 7) is 1.90. The molecule has 0 aliphatic rings. The van der Waals surface area contributed by atoms with Crippen LogP contribution in [0, 0.1) is 6.92 Å². The summed E-state index contributed by atoms with van der Waals surface area (Å²) in [5.74, 6) is 0. The van der Waals surface area contributed by atoms with Gasteiger partial charge in [0, 0.05) is 0 Å². The second-order valence-corrected chi connectivity index (χ2v) is 3.01. The molecule has 0 fully saturated rings. The minimum Gasteiger partial charge on any atom is -0.160 e. The number of halogens is 2. The SMILES string of the molecule is Cc1ccc(Cl)c(SF)c1. The predicted molar refractivity (Wildman–Crippen MR) is 43.2 cm³/mol. The molecular weight excluding hydrogens is 171 g/mol. The molecule has 1 rings (SSSR count). The van der Waals surface area contributed by atoms with E-state index < -0.39 is 0 Å². The Kier molecular flexibility index (Phi) is 2.57. The molecule has 0 aromatic heterocycles. The summed E-state index contributed by atoms with van der Waals surface area (Å²) in [5.41, 5.74) is 1.02. The minimum atomic E-state index is 0.178. The second kappa shape index (κ2) is 3.26. The Hall–Kier alpha value is -0.210. The molecule has 0 saturated carbocycles. The van der Waals surface area contributed by atoms with Gasteiger partial charge in [0.25, 0.3) is 0 Å². The molecule has 0 bridgehead atoms. The Morgan fingerprint density at radius 3 is 2.70 bits per heavy atom. The molecule has 0 unspecified atom stereocenters. The lowest BCUT2D eigenvalue weighted by molar-refractivity contribution is 0.934. The zero-order valence-corrected chi connectivity index (χ0v) is 6.97. The Morgan fingerprint density at radius 2 is 2.20 bits per heavy atom. The van der Waals surface area contributed by atoms with Crippen molar-refractivity contribution in [1.82, 2.24) is 0 Å². The third-order valence-electron chi connectivity index (χ3n) is 1.17. The predicted octanol–water partition coefficient (Wildman–Crippen LogP) is 3.63. The average Bonchev–Trinajstić information content (AvgIpc) is 1.94. The first-order valence-electron chi connectivity index (χ1n) is 2.79. The molecule has 54 valence electrons. The molecule has 0 aliphatic heterocycles. The van der Waals surface area contributed by atoms with E-state index in [9.17, 15) is 3.89 Å². The highest BCUT2D eigenvalue weighted by molar-refractivity contribution is 7.94. The van der Waals surface area contributed by atoms with E-state index in [1.54, 1.807) is 12.1 Å². The van der Waals surface area contributed by atoms with E-state index in [2.05, 4.69) is 0 Å². The van der Waals surface area contributed by atoms with Gasteiger partial charge in [-0.1, -0.05) is 17.7 Å². The molecule has 1 aromatic carbocycles. The van der Waals surface area contributed by atoms with Crippen molar-refractivity contribution in [3.63, 3.8) is 0 Å². The standard InChI is InChI=1S/C7H6ClFS/c1-5-2-3-6(8)7(4-5)10-9/h2-4H,1H3. The maximum absolute atomic E-state index is 12.0. The van der Waals surface area contributed by atoms with Crippen LogP contribution in [-0.2, 0) is 0 Å². The number of rotatable bonds is 1. The lowest BCUT2D eigenvalue weighted by Crippen LogP contribution is -1.73. The monoisotopic (exact) mass is 176 g/mol. The highest BCUT2D eigenvalue weighted by atomic mass is 35.5. The molecule has 0 heterocycles. The van der Waals surface area contributed by atoms with E-state index in [0.29, 0.717) is 9.92 Å². The van der Waals surface area contributed by atoms with Crippen molar-refractivity contribution < 1.29 is 3.89 Å². The zero-order valence-electron chi connectivity index (χ0n) is 5.40. The Labute approximate surface area is 68.7 Å². The van der Waals surface area contributed by atoms with Crippen LogP contribution >= 0.6 is 23.7 Å². The first-order valence-corrected chi connectivity index (χ1v) is 3.88. The molecule has 0 atom stereocenters. The zero-order chi connectivity index (χ0) is 7.56. The van der Waals surface area contributed by atoms with Crippen LogP contribution in [-0.4, -0.2) is 0 Å². The lowest BCUT2D eigenvalue weighted by Gasteiger charge is -1.97. The van der Waals surface area contributed by atoms with Crippen molar-refractivity contribution in [3.8, 4) is 0 Å². The smallest absolute Gasteiger partial charge is 0.0828 e. The molecule has 0 radical (unpaired) electrons. The van der Waals surface area contributed by atoms with Gasteiger partial charge in [0.05, 0.1) is 22.1 Å². The van der Waals surface area contributed by atoms with Gasteiger partial charge in [0.15, 0.2) is 0 Å². The van der Waals surface area contributed by atoms with Crippen LogP contribution in [0.3, 0.4) is 0 Å². The van der Waals surface area contributed by atoms with Crippen molar-refractivity contribution in [2.45, 2.75) is 11.8 Å². The summed E-state index contributed by atoms with van der Waals surface area (Å²) in [5, 5.41) is 0.470. The molecule has 0 spiro atoms. The van der Waals surface area contributed by atoms with Crippen molar-refractivity contribution in [3.05, 3.63) is 28.8 Å². The van der Waals surface area contributed by atoms with Gasteiger partial charge in [-0.15, -0.1) is 0 Å². The third kappa shape index (κ3) is 1.64. The summed E-state index contributed by atoms with van der Waals surface area (Å²) in [7, 11) is 0. The molecule has 3 heteroatoms.